The van der Waals surface area contributed by atoms with Crippen LogP contribution in [-0.4, -0.2) is 29.2 Å². The molecule has 0 spiro atoms. The molecule has 1 aliphatic heterocycles. The maximum absolute atomic E-state index is 12.9. The molecular weight excluding hydrogens is 352 g/mol. The maximum Gasteiger partial charge on any atom is 0.244 e. The van der Waals surface area contributed by atoms with E-state index < -0.39 is 0 Å². The monoisotopic (exact) mass is 370 g/mol. The number of carbonyl (C=O) groups is 3. The number of aryl methyl sites for hydroxylation is 1. The molecule has 1 heterocycles. The van der Waals surface area contributed by atoms with Gasteiger partial charge in [0.1, 0.15) is 6.54 Å². The van der Waals surface area contributed by atoms with E-state index in [1.165, 1.54) is 4.90 Å². The second-order valence-electron chi connectivity index (χ2n) is 7.92. The molecule has 5 aliphatic rings. The van der Waals surface area contributed by atoms with Crippen molar-refractivity contribution in [1.82, 2.24) is 4.90 Å². The Morgan fingerprint density at radius 1 is 1.15 bits per heavy atom. The molecule has 4 aliphatic carbocycles. The standard InChI is InChI=1S/C20H19ClN2O3/c1-9-2-3-10(21)6-15(9)22-16(24)8-23-19(25)17-11-4-5-12(14-7-13(11)14)18(17)20(23)26/h2-6,11-14,17-18H,7-8H2,1H3,(H,22,24)/t11-,12-,13-,14-,17+,18+/m1/s1. The summed E-state index contributed by atoms with van der Waals surface area (Å²) < 4.78 is 0. The lowest BCUT2D eigenvalue weighted by molar-refractivity contribution is -0.142. The van der Waals surface area contributed by atoms with Crippen molar-refractivity contribution < 1.29 is 14.4 Å². The first-order valence-electron chi connectivity index (χ1n) is 9.05. The Morgan fingerprint density at radius 2 is 1.77 bits per heavy atom. The van der Waals surface area contributed by atoms with E-state index in [4.69, 9.17) is 11.6 Å². The van der Waals surface area contributed by atoms with Crippen molar-refractivity contribution in [3.05, 3.63) is 40.9 Å². The Hall–Kier alpha value is -2.14. The van der Waals surface area contributed by atoms with E-state index in [0.717, 1.165) is 12.0 Å². The van der Waals surface area contributed by atoms with Crippen molar-refractivity contribution in [3.63, 3.8) is 0 Å². The van der Waals surface area contributed by atoms with Gasteiger partial charge in [-0.05, 0) is 54.7 Å². The van der Waals surface area contributed by atoms with Crippen molar-refractivity contribution in [2.24, 2.45) is 35.5 Å². The fraction of sp³-hybridized carbons (Fsp3) is 0.450. The number of imide groups is 1. The van der Waals surface area contributed by atoms with Gasteiger partial charge in [-0.15, -0.1) is 0 Å². The molecule has 1 saturated heterocycles. The second-order valence-corrected chi connectivity index (χ2v) is 8.36. The van der Waals surface area contributed by atoms with Crippen LogP contribution in [0.1, 0.15) is 12.0 Å². The van der Waals surface area contributed by atoms with Crippen molar-refractivity contribution >= 4 is 35.0 Å². The molecule has 6 rings (SSSR count). The third-order valence-corrected chi connectivity index (χ3v) is 6.76. The van der Waals surface area contributed by atoms with Gasteiger partial charge in [0.25, 0.3) is 0 Å². The summed E-state index contributed by atoms with van der Waals surface area (Å²) in [5, 5.41) is 3.29. The molecular formula is C20H19ClN2O3. The maximum atomic E-state index is 12.9. The number of anilines is 1. The summed E-state index contributed by atoms with van der Waals surface area (Å²) in [7, 11) is 0. The van der Waals surface area contributed by atoms with Gasteiger partial charge in [0.2, 0.25) is 17.7 Å². The molecule has 1 aromatic carbocycles. The predicted octanol–water partition coefficient (Wildman–Crippen LogP) is 2.64. The van der Waals surface area contributed by atoms with E-state index in [9.17, 15) is 14.4 Å². The number of hydrogen-bond acceptors (Lipinski definition) is 3. The summed E-state index contributed by atoms with van der Waals surface area (Å²) in [5.74, 6) is 0.219. The molecule has 5 nitrogen and oxygen atoms in total. The van der Waals surface area contributed by atoms with Gasteiger partial charge < -0.3 is 5.32 Å². The second kappa shape index (κ2) is 5.43. The molecule has 0 radical (unpaired) electrons. The number of allylic oxidation sites excluding steroid dienone is 2. The highest BCUT2D eigenvalue weighted by Gasteiger charge is 2.67. The molecule has 3 amide bonds. The smallest absolute Gasteiger partial charge is 0.244 e. The van der Waals surface area contributed by atoms with Gasteiger partial charge in [-0.25, -0.2) is 0 Å². The molecule has 2 saturated carbocycles. The summed E-state index contributed by atoms with van der Waals surface area (Å²) >= 11 is 5.98. The number of carbonyl (C=O) groups excluding carboxylic acids is 3. The SMILES string of the molecule is Cc1ccc(Cl)cc1NC(=O)CN1C(=O)[C@H]2[C@@H]3C=C[C@H]([C@H]4C[C@H]34)[C@@H]2C1=O. The van der Waals surface area contributed by atoms with Crippen LogP contribution < -0.4 is 5.32 Å². The minimum Gasteiger partial charge on any atom is -0.324 e. The zero-order chi connectivity index (χ0) is 18.2. The minimum atomic E-state index is -0.374. The summed E-state index contributed by atoms with van der Waals surface area (Å²) in [4.78, 5) is 39.4. The van der Waals surface area contributed by atoms with E-state index >= 15 is 0 Å². The van der Waals surface area contributed by atoms with Crippen LogP contribution in [0.3, 0.4) is 0 Å². The lowest BCUT2D eigenvalue weighted by Crippen LogP contribution is -2.40. The molecule has 6 heteroatoms. The Labute approximate surface area is 156 Å². The number of halogens is 1. The number of nitrogens with one attached hydrogen (secondary N) is 1. The van der Waals surface area contributed by atoms with Crippen LogP contribution in [0.5, 0.6) is 0 Å². The largest absolute Gasteiger partial charge is 0.324 e. The third-order valence-electron chi connectivity index (χ3n) is 6.53. The zero-order valence-corrected chi connectivity index (χ0v) is 15.1. The fourth-order valence-electron chi connectivity index (χ4n) is 5.24. The summed E-state index contributed by atoms with van der Waals surface area (Å²) in [6, 6.07) is 5.23. The Balaban J connectivity index is 1.34. The van der Waals surface area contributed by atoms with Crippen molar-refractivity contribution in [3.8, 4) is 0 Å². The van der Waals surface area contributed by atoms with E-state index in [1.54, 1.807) is 12.1 Å². The Kier molecular flexibility index (Phi) is 3.35. The Bertz CT molecular complexity index is 844. The average Bonchev–Trinajstić information content (AvgIpc) is 3.39. The van der Waals surface area contributed by atoms with Crippen LogP contribution in [0, 0.1) is 42.4 Å². The quantitative estimate of drug-likeness (QED) is 0.657. The molecule has 6 atom stereocenters. The first kappa shape index (κ1) is 16.1. The van der Waals surface area contributed by atoms with Gasteiger partial charge in [-0.1, -0.05) is 29.8 Å². The summed E-state index contributed by atoms with van der Waals surface area (Å²) in [6.45, 7) is 1.63. The number of rotatable bonds is 3. The molecule has 26 heavy (non-hydrogen) atoms. The lowest BCUT2D eigenvalue weighted by atomic mass is 9.63. The first-order chi connectivity index (χ1) is 12.5. The topological polar surface area (TPSA) is 66.5 Å². The molecule has 0 aromatic heterocycles. The van der Waals surface area contributed by atoms with Gasteiger partial charge in [-0.3, -0.25) is 19.3 Å². The van der Waals surface area contributed by atoms with Crippen LogP contribution in [-0.2, 0) is 14.4 Å². The van der Waals surface area contributed by atoms with Crippen molar-refractivity contribution in [2.75, 3.05) is 11.9 Å². The van der Waals surface area contributed by atoms with Crippen molar-refractivity contribution in [1.29, 1.82) is 0 Å². The van der Waals surface area contributed by atoms with Gasteiger partial charge in [0.15, 0.2) is 0 Å². The lowest BCUT2D eigenvalue weighted by Gasteiger charge is -2.37. The van der Waals surface area contributed by atoms with E-state index in [2.05, 4.69) is 17.5 Å². The highest BCUT2D eigenvalue weighted by Crippen LogP contribution is 2.65. The Morgan fingerprint density at radius 3 is 2.38 bits per heavy atom. The molecule has 3 fully saturated rings. The van der Waals surface area contributed by atoms with Gasteiger partial charge in [0.05, 0.1) is 11.8 Å². The molecule has 1 N–H and O–H groups in total. The average molecular weight is 371 g/mol. The zero-order valence-electron chi connectivity index (χ0n) is 14.3. The number of nitrogens with zero attached hydrogens (tertiary/aromatic N) is 1. The van der Waals surface area contributed by atoms with Gasteiger partial charge in [0, 0.05) is 10.7 Å². The van der Waals surface area contributed by atoms with Crippen molar-refractivity contribution in [2.45, 2.75) is 13.3 Å². The van der Waals surface area contributed by atoms with Crippen LogP contribution in [0.25, 0.3) is 0 Å². The first-order valence-corrected chi connectivity index (χ1v) is 9.43. The van der Waals surface area contributed by atoms with Crippen LogP contribution in [0.4, 0.5) is 5.69 Å². The van der Waals surface area contributed by atoms with Crippen LogP contribution in [0.15, 0.2) is 30.4 Å². The van der Waals surface area contributed by atoms with Crippen LogP contribution in [0.2, 0.25) is 5.02 Å². The summed E-state index contributed by atoms with van der Waals surface area (Å²) in [5.41, 5.74) is 1.47. The number of likely N-dealkylation sites (tertiary alicyclic amines) is 1. The van der Waals surface area contributed by atoms with E-state index in [0.29, 0.717) is 22.5 Å². The highest BCUT2D eigenvalue weighted by molar-refractivity contribution is 6.31. The van der Waals surface area contributed by atoms with Gasteiger partial charge in [-0.2, -0.15) is 0 Å². The number of amides is 3. The van der Waals surface area contributed by atoms with Gasteiger partial charge >= 0.3 is 0 Å². The normalized spacial score (nSPS) is 36.2. The third kappa shape index (κ3) is 2.19. The minimum absolute atomic E-state index is 0.176. The molecule has 1 aromatic rings. The van der Waals surface area contributed by atoms with Crippen LogP contribution >= 0.6 is 11.6 Å². The number of benzene rings is 1. The fourth-order valence-corrected chi connectivity index (χ4v) is 5.41. The molecule has 0 unspecified atom stereocenters. The molecule has 134 valence electrons. The number of hydrogen-bond donors (Lipinski definition) is 1. The highest BCUT2D eigenvalue weighted by atomic mass is 35.5. The molecule has 2 bridgehead atoms. The van der Waals surface area contributed by atoms with E-state index in [-0.39, 0.29) is 47.9 Å². The predicted molar refractivity (Wildman–Crippen MR) is 96.2 cm³/mol. The van der Waals surface area contributed by atoms with E-state index in [1.807, 2.05) is 13.0 Å². The summed E-state index contributed by atoms with van der Waals surface area (Å²) in [6.07, 6.45) is 5.39.